The Morgan fingerprint density at radius 1 is 1.35 bits per heavy atom. The highest BCUT2D eigenvalue weighted by Gasteiger charge is 2.20. The molecule has 0 bridgehead atoms. The minimum Gasteiger partial charge on any atom is -0.304 e. The summed E-state index contributed by atoms with van der Waals surface area (Å²) in [4.78, 5) is 16.5. The fraction of sp³-hybridized carbons (Fsp3) is 0.545. The van der Waals surface area contributed by atoms with Gasteiger partial charge >= 0.3 is 0 Å². The first-order chi connectivity index (χ1) is 8.06. The number of thiophene rings is 1. The molecular weight excluding hydrogens is 279 g/mol. The van der Waals surface area contributed by atoms with E-state index in [0.717, 1.165) is 26.2 Å². The van der Waals surface area contributed by atoms with Crippen molar-refractivity contribution in [1.29, 1.82) is 0 Å². The molecular formula is C11H14Cl2N2OS. The Kier molecular flexibility index (Phi) is 4.44. The number of ketones is 1. The van der Waals surface area contributed by atoms with Crippen LogP contribution in [0.15, 0.2) is 6.07 Å². The summed E-state index contributed by atoms with van der Waals surface area (Å²) in [5.74, 6) is 0.0581. The van der Waals surface area contributed by atoms with E-state index in [2.05, 4.69) is 16.8 Å². The zero-order valence-corrected chi connectivity index (χ0v) is 11.9. The summed E-state index contributed by atoms with van der Waals surface area (Å²) in [5, 5.41) is 0. The number of nitrogens with zero attached hydrogens (tertiary/aromatic N) is 2. The predicted octanol–water partition coefficient (Wildman–Crippen LogP) is 2.49. The molecule has 2 heterocycles. The van der Waals surface area contributed by atoms with E-state index in [4.69, 9.17) is 23.2 Å². The smallest absolute Gasteiger partial charge is 0.179 e. The van der Waals surface area contributed by atoms with Gasteiger partial charge in [-0.3, -0.25) is 9.69 Å². The van der Waals surface area contributed by atoms with Crippen LogP contribution in [-0.2, 0) is 0 Å². The van der Waals surface area contributed by atoms with Crippen LogP contribution in [0.4, 0.5) is 0 Å². The van der Waals surface area contributed by atoms with Gasteiger partial charge in [0.05, 0.1) is 16.4 Å². The number of carbonyl (C=O) groups excluding carboxylic acids is 1. The molecule has 1 aliphatic rings. The lowest BCUT2D eigenvalue weighted by atomic mass is 10.2. The van der Waals surface area contributed by atoms with Crippen LogP contribution in [0.5, 0.6) is 0 Å². The van der Waals surface area contributed by atoms with Crippen molar-refractivity contribution >= 4 is 40.3 Å². The first kappa shape index (κ1) is 13.3. The van der Waals surface area contributed by atoms with Gasteiger partial charge in [0.2, 0.25) is 0 Å². The number of piperazine rings is 1. The Balaban J connectivity index is 1.95. The molecule has 0 aromatic carbocycles. The van der Waals surface area contributed by atoms with Gasteiger partial charge in [-0.2, -0.15) is 0 Å². The van der Waals surface area contributed by atoms with Crippen molar-refractivity contribution in [3.63, 3.8) is 0 Å². The summed E-state index contributed by atoms with van der Waals surface area (Å²) in [6.45, 7) is 4.30. The molecule has 3 nitrogen and oxygen atoms in total. The van der Waals surface area contributed by atoms with Gasteiger partial charge in [-0.05, 0) is 13.1 Å². The normalized spacial score (nSPS) is 18.5. The van der Waals surface area contributed by atoms with Gasteiger partial charge in [-0.25, -0.2) is 0 Å². The molecule has 17 heavy (non-hydrogen) atoms. The van der Waals surface area contributed by atoms with Crippen molar-refractivity contribution in [2.75, 3.05) is 39.8 Å². The maximum absolute atomic E-state index is 12.0. The van der Waals surface area contributed by atoms with Crippen molar-refractivity contribution in [2.24, 2.45) is 0 Å². The SMILES string of the molecule is CN1CCN(CC(=O)c2cc(Cl)sc2Cl)CC1. The van der Waals surface area contributed by atoms with E-state index < -0.39 is 0 Å². The third-order valence-electron chi connectivity index (χ3n) is 2.92. The summed E-state index contributed by atoms with van der Waals surface area (Å²) in [6.07, 6.45) is 0. The van der Waals surface area contributed by atoms with E-state index in [1.807, 2.05) is 0 Å². The Hall–Kier alpha value is -0.130. The maximum atomic E-state index is 12.0. The predicted molar refractivity (Wildman–Crippen MR) is 72.6 cm³/mol. The molecule has 0 unspecified atom stereocenters. The van der Waals surface area contributed by atoms with Crippen LogP contribution in [0.1, 0.15) is 10.4 Å². The van der Waals surface area contributed by atoms with E-state index in [9.17, 15) is 4.79 Å². The lowest BCUT2D eigenvalue weighted by Crippen LogP contribution is -2.46. The summed E-state index contributed by atoms with van der Waals surface area (Å²) in [6, 6.07) is 1.66. The molecule has 94 valence electrons. The summed E-state index contributed by atoms with van der Waals surface area (Å²) < 4.78 is 1.06. The Labute approximate surface area is 115 Å². The van der Waals surface area contributed by atoms with E-state index in [1.54, 1.807) is 6.07 Å². The fourth-order valence-corrected chi connectivity index (χ4v) is 3.32. The molecule has 0 N–H and O–H groups in total. The molecule has 0 spiro atoms. The van der Waals surface area contributed by atoms with Gasteiger partial charge in [0, 0.05) is 26.2 Å². The minimum absolute atomic E-state index is 0.0581. The molecule has 1 aromatic heterocycles. The topological polar surface area (TPSA) is 23.6 Å². The lowest BCUT2D eigenvalue weighted by Gasteiger charge is -2.31. The van der Waals surface area contributed by atoms with Crippen molar-refractivity contribution in [1.82, 2.24) is 9.80 Å². The second-order valence-corrected chi connectivity index (χ2v) is 6.53. The molecule has 2 rings (SSSR count). The molecule has 0 saturated carbocycles. The van der Waals surface area contributed by atoms with Crippen LogP contribution in [0.3, 0.4) is 0 Å². The van der Waals surface area contributed by atoms with Gasteiger partial charge in [0.1, 0.15) is 4.34 Å². The lowest BCUT2D eigenvalue weighted by molar-refractivity contribution is 0.0877. The first-order valence-corrected chi connectivity index (χ1v) is 7.02. The molecule has 0 amide bonds. The summed E-state index contributed by atoms with van der Waals surface area (Å²) in [5.41, 5.74) is 0.556. The number of halogens is 2. The van der Waals surface area contributed by atoms with E-state index in [-0.39, 0.29) is 5.78 Å². The van der Waals surface area contributed by atoms with Gasteiger partial charge in [-0.15, -0.1) is 11.3 Å². The van der Waals surface area contributed by atoms with Crippen molar-refractivity contribution in [2.45, 2.75) is 0 Å². The Morgan fingerprint density at radius 2 is 2.00 bits per heavy atom. The van der Waals surface area contributed by atoms with E-state index in [1.165, 1.54) is 11.3 Å². The van der Waals surface area contributed by atoms with E-state index in [0.29, 0.717) is 20.8 Å². The third-order valence-corrected chi connectivity index (χ3v) is 4.41. The highest BCUT2D eigenvalue weighted by Crippen LogP contribution is 2.31. The van der Waals surface area contributed by atoms with Crippen molar-refractivity contribution in [3.8, 4) is 0 Å². The zero-order chi connectivity index (χ0) is 12.4. The second kappa shape index (κ2) is 5.67. The van der Waals surface area contributed by atoms with Crippen LogP contribution in [0.2, 0.25) is 8.67 Å². The standard InChI is InChI=1S/C11H14Cl2N2OS/c1-14-2-4-15(5-3-14)7-9(16)8-6-10(12)17-11(8)13/h6H,2-5,7H2,1H3. The van der Waals surface area contributed by atoms with Crippen LogP contribution in [0.25, 0.3) is 0 Å². The molecule has 1 saturated heterocycles. The molecule has 0 atom stereocenters. The zero-order valence-electron chi connectivity index (χ0n) is 9.58. The number of rotatable bonds is 3. The average Bonchev–Trinajstić information content (AvgIpc) is 2.61. The third kappa shape index (κ3) is 3.42. The van der Waals surface area contributed by atoms with Crippen molar-refractivity contribution < 1.29 is 4.79 Å². The van der Waals surface area contributed by atoms with Gasteiger partial charge in [0.25, 0.3) is 0 Å². The van der Waals surface area contributed by atoms with Crippen LogP contribution < -0.4 is 0 Å². The van der Waals surface area contributed by atoms with Crippen LogP contribution >= 0.6 is 34.5 Å². The fourth-order valence-electron chi connectivity index (χ4n) is 1.82. The molecule has 1 aliphatic heterocycles. The molecule has 1 fully saturated rings. The number of likely N-dealkylation sites (N-methyl/N-ethyl adjacent to an activating group) is 1. The maximum Gasteiger partial charge on any atom is 0.179 e. The van der Waals surface area contributed by atoms with Crippen LogP contribution in [0, 0.1) is 0 Å². The van der Waals surface area contributed by atoms with Gasteiger partial charge in [-0.1, -0.05) is 23.2 Å². The highest BCUT2D eigenvalue weighted by molar-refractivity contribution is 7.20. The van der Waals surface area contributed by atoms with Crippen molar-refractivity contribution in [3.05, 3.63) is 20.3 Å². The molecule has 0 radical (unpaired) electrons. The highest BCUT2D eigenvalue weighted by atomic mass is 35.5. The van der Waals surface area contributed by atoms with E-state index >= 15 is 0 Å². The number of Topliss-reactive ketones (excluding diaryl/α,β-unsaturated/α-hetero) is 1. The largest absolute Gasteiger partial charge is 0.304 e. The first-order valence-electron chi connectivity index (χ1n) is 5.45. The molecule has 6 heteroatoms. The summed E-state index contributed by atoms with van der Waals surface area (Å²) in [7, 11) is 2.09. The second-order valence-electron chi connectivity index (χ2n) is 4.24. The Bertz CT molecular complexity index is 414. The summed E-state index contributed by atoms with van der Waals surface area (Å²) >= 11 is 13.0. The average molecular weight is 293 g/mol. The number of hydrogen-bond acceptors (Lipinski definition) is 4. The van der Waals surface area contributed by atoms with Crippen LogP contribution in [-0.4, -0.2) is 55.4 Å². The minimum atomic E-state index is 0.0581. The number of hydrogen-bond donors (Lipinski definition) is 0. The monoisotopic (exact) mass is 292 g/mol. The molecule has 0 aliphatic carbocycles. The Morgan fingerprint density at radius 3 is 2.53 bits per heavy atom. The number of carbonyl (C=O) groups is 1. The van der Waals surface area contributed by atoms with Gasteiger partial charge < -0.3 is 4.90 Å². The molecule has 1 aromatic rings. The van der Waals surface area contributed by atoms with Gasteiger partial charge in [0.15, 0.2) is 5.78 Å². The quantitative estimate of drug-likeness (QED) is 0.800.